The summed E-state index contributed by atoms with van der Waals surface area (Å²) in [5, 5.41) is 5.45. The maximum Gasteiger partial charge on any atom is 0.319 e. The molecule has 0 unspecified atom stereocenters. The molecule has 1 N–H and O–H groups in total. The van der Waals surface area contributed by atoms with Crippen molar-refractivity contribution in [3.05, 3.63) is 42.0 Å². The molecule has 0 aromatic heterocycles. The van der Waals surface area contributed by atoms with E-state index in [2.05, 4.69) is 35.6 Å². The van der Waals surface area contributed by atoms with Crippen molar-refractivity contribution in [2.45, 2.75) is 32.0 Å². The van der Waals surface area contributed by atoms with Crippen molar-refractivity contribution in [2.24, 2.45) is 0 Å². The van der Waals surface area contributed by atoms with Gasteiger partial charge in [-0.3, -0.25) is 4.79 Å². The molecule has 1 fully saturated rings. The predicted octanol–water partition coefficient (Wildman–Crippen LogP) is 3.24. The number of hydrogen-bond donors (Lipinski definition) is 1. The van der Waals surface area contributed by atoms with Crippen molar-refractivity contribution in [3.63, 3.8) is 0 Å². The van der Waals surface area contributed by atoms with Gasteiger partial charge in [-0.25, -0.2) is 0 Å². The van der Waals surface area contributed by atoms with Gasteiger partial charge in [0.05, 0.1) is 33.5 Å². The van der Waals surface area contributed by atoms with E-state index >= 15 is 0 Å². The van der Waals surface area contributed by atoms with Gasteiger partial charge in [-0.05, 0) is 54.8 Å². The van der Waals surface area contributed by atoms with Crippen LogP contribution in [-0.2, 0) is 19.0 Å². The molecule has 3 rings (SSSR count). The van der Waals surface area contributed by atoms with E-state index in [1.54, 1.807) is 14.0 Å². The van der Waals surface area contributed by atoms with Crippen LogP contribution in [0.15, 0.2) is 36.4 Å². The minimum atomic E-state index is -0.219. The lowest BCUT2D eigenvalue weighted by molar-refractivity contribution is -0.189. The van der Waals surface area contributed by atoms with Gasteiger partial charge < -0.3 is 24.3 Å². The summed E-state index contributed by atoms with van der Waals surface area (Å²) in [6.07, 6.45) is 1.49. The van der Waals surface area contributed by atoms with Crippen molar-refractivity contribution in [2.75, 3.05) is 40.0 Å². The summed E-state index contributed by atoms with van der Waals surface area (Å²) in [5.41, 5.74) is 1.25. The number of carbonyl (C=O) groups excluding carboxylic acids is 1. The van der Waals surface area contributed by atoms with Crippen molar-refractivity contribution >= 4 is 16.7 Å². The number of fused-ring (bicyclic) bond motifs is 1. The first kappa shape index (κ1) is 20.6. The average Bonchev–Trinajstić information content (AvgIpc) is 2.73. The summed E-state index contributed by atoms with van der Waals surface area (Å²) >= 11 is 0. The Labute approximate surface area is 166 Å². The average molecular weight is 387 g/mol. The molecule has 0 radical (unpaired) electrons. The largest absolute Gasteiger partial charge is 0.497 e. The number of esters is 1. The topological polar surface area (TPSA) is 66.0 Å². The number of rotatable bonds is 9. The first-order valence-corrected chi connectivity index (χ1v) is 9.87. The fourth-order valence-electron chi connectivity index (χ4n) is 3.46. The van der Waals surface area contributed by atoms with Gasteiger partial charge in [0.15, 0.2) is 6.29 Å². The van der Waals surface area contributed by atoms with Crippen molar-refractivity contribution in [1.29, 1.82) is 0 Å². The second-order valence-corrected chi connectivity index (χ2v) is 6.85. The molecule has 1 aliphatic heterocycles. The molecular weight excluding hydrogens is 358 g/mol. The molecule has 2 aromatic rings. The molecule has 0 amide bonds. The van der Waals surface area contributed by atoms with Crippen LogP contribution in [0.1, 0.15) is 31.2 Å². The predicted molar refractivity (Wildman–Crippen MR) is 108 cm³/mol. The first-order valence-electron chi connectivity index (χ1n) is 9.87. The smallest absolute Gasteiger partial charge is 0.319 e. The zero-order valence-corrected chi connectivity index (χ0v) is 16.6. The Balaban J connectivity index is 1.45. The maximum atomic E-state index is 11.3. The van der Waals surface area contributed by atoms with Gasteiger partial charge in [-0.1, -0.05) is 24.3 Å². The molecule has 6 heteroatoms. The minimum Gasteiger partial charge on any atom is -0.497 e. The lowest BCUT2D eigenvalue weighted by Crippen LogP contribution is -2.32. The summed E-state index contributed by atoms with van der Waals surface area (Å²) in [4.78, 5) is 11.3. The molecule has 28 heavy (non-hydrogen) atoms. The van der Waals surface area contributed by atoms with Crippen LogP contribution in [0.2, 0.25) is 0 Å². The van der Waals surface area contributed by atoms with Crippen LogP contribution in [0.4, 0.5) is 0 Å². The third-order valence-corrected chi connectivity index (χ3v) is 4.90. The molecular formula is C22H29NO5. The summed E-state index contributed by atoms with van der Waals surface area (Å²) in [6.45, 7) is 4.48. The van der Waals surface area contributed by atoms with E-state index in [0.717, 1.165) is 30.5 Å². The SMILES string of the molecule is CCOC(=O)CNCCCC1OCC(c2cccc3cc(OC)ccc23)CO1. The minimum absolute atomic E-state index is 0.185. The Hall–Kier alpha value is -2.15. The fourth-order valence-corrected chi connectivity index (χ4v) is 3.46. The van der Waals surface area contributed by atoms with Gasteiger partial charge in [0.2, 0.25) is 0 Å². The molecule has 0 saturated carbocycles. The Kier molecular flexibility index (Phi) is 7.65. The molecule has 0 aliphatic carbocycles. The second-order valence-electron chi connectivity index (χ2n) is 6.85. The van der Waals surface area contributed by atoms with E-state index in [-0.39, 0.29) is 24.7 Å². The van der Waals surface area contributed by atoms with Crippen LogP contribution in [0.3, 0.4) is 0 Å². The lowest BCUT2D eigenvalue weighted by Gasteiger charge is -2.30. The molecule has 0 spiro atoms. The summed E-state index contributed by atoms with van der Waals surface area (Å²) in [7, 11) is 1.68. The summed E-state index contributed by atoms with van der Waals surface area (Å²) in [5.74, 6) is 0.857. The van der Waals surface area contributed by atoms with E-state index < -0.39 is 0 Å². The number of benzene rings is 2. The highest BCUT2D eigenvalue weighted by molar-refractivity contribution is 5.87. The molecule has 0 bridgehead atoms. The Morgan fingerprint density at radius 3 is 2.79 bits per heavy atom. The van der Waals surface area contributed by atoms with Crippen molar-refractivity contribution in [3.8, 4) is 5.75 Å². The molecule has 152 valence electrons. The molecule has 2 aromatic carbocycles. The second kappa shape index (κ2) is 10.4. The van der Waals surface area contributed by atoms with Crippen LogP contribution < -0.4 is 10.1 Å². The van der Waals surface area contributed by atoms with E-state index in [0.29, 0.717) is 19.8 Å². The monoisotopic (exact) mass is 387 g/mol. The number of ether oxygens (including phenoxy) is 4. The van der Waals surface area contributed by atoms with Gasteiger partial charge >= 0.3 is 5.97 Å². The third-order valence-electron chi connectivity index (χ3n) is 4.90. The zero-order valence-electron chi connectivity index (χ0n) is 16.6. The van der Waals surface area contributed by atoms with E-state index in [9.17, 15) is 4.79 Å². The zero-order chi connectivity index (χ0) is 19.8. The molecule has 1 heterocycles. The van der Waals surface area contributed by atoms with Gasteiger partial charge in [0, 0.05) is 5.92 Å². The fraction of sp³-hybridized carbons (Fsp3) is 0.500. The molecule has 1 saturated heterocycles. The normalized spacial score (nSPS) is 19.5. The van der Waals surface area contributed by atoms with Crippen LogP contribution >= 0.6 is 0 Å². The molecule has 1 aliphatic rings. The maximum absolute atomic E-state index is 11.3. The van der Waals surface area contributed by atoms with Crippen LogP contribution in [0, 0.1) is 0 Å². The third kappa shape index (κ3) is 5.44. The number of carbonyl (C=O) groups is 1. The highest BCUT2D eigenvalue weighted by Crippen LogP contribution is 2.31. The first-order chi connectivity index (χ1) is 13.7. The summed E-state index contributed by atoms with van der Waals surface area (Å²) in [6, 6.07) is 12.4. The van der Waals surface area contributed by atoms with Gasteiger partial charge in [0.25, 0.3) is 0 Å². The van der Waals surface area contributed by atoms with Crippen molar-refractivity contribution in [1.82, 2.24) is 5.32 Å². The van der Waals surface area contributed by atoms with E-state index in [1.165, 1.54) is 10.9 Å². The quantitative estimate of drug-likeness (QED) is 0.526. The standard InChI is InChI=1S/C22H29NO5/c1-3-26-21(24)13-23-11-5-8-22-27-14-17(15-28-22)19-7-4-6-16-12-18(25-2)9-10-20(16)19/h4,6-7,9-10,12,17,22-23H,3,5,8,11,13-15H2,1-2H3. The molecule has 6 nitrogen and oxygen atoms in total. The summed E-state index contributed by atoms with van der Waals surface area (Å²) < 4.78 is 22.1. The van der Waals surface area contributed by atoms with E-state index in [1.807, 2.05) is 6.07 Å². The number of hydrogen-bond acceptors (Lipinski definition) is 6. The van der Waals surface area contributed by atoms with E-state index in [4.69, 9.17) is 18.9 Å². The van der Waals surface area contributed by atoms with Crippen molar-refractivity contribution < 1.29 is 23.7 Å². The van der Waals surface area contributed by atoms with Gasteiger partial charge in [-0.2, -0.15) is 0 Å². The van der Waals surface area contributed by atoms with Crippen LogP contribution in [-0.4, -0.2) is 52.3 Å². The Morgan fingerprint density at radius 2 is 2.04 bits per heavy atom. The Morgan fingerprint density at radius 1 is 1.21 bits per heavy atom. The lowest BCUT2D eigenvalue weighted by atomic mass is 9.94. The highest BCUT2D eigenvalue weighted by Gasteiger charge is 2.24. The number of nitrogens with one attached hydrogen (secondary N) is 1. The Bertz CT molecular complexity index is 771. The van der Waals surface area contributed by atoms with Crippen LogP contribution in [0.5, 0.6) is 5.75 Å². The van der Waals surface area contributed by atoms with Gasteiger partial charge in [-0.15, -0.1) is 0 Å². The highest BCUT2D eigenvalue weighted by atomic mass is 16.7. The van der Waals surface area contributed by atoms with Crippen LogP contribution in [0.25, 0.3) is 10.8 Å². The van der Waals surface area contributed by atoms with Gasteiger partial charge in [0.1, 0.15) is 5.75 Å². The molecule has 0 atom stereocenters. The number of methoxy groups -OCH3 is 1.